The molecule has 1 aromatic carbocycles. The standard InChI is InChI=1S/C19H18N6O2/c1-12-7-13(2)22-19(21-12)25-17(8-14(3)24-25)23-18(26)11-27-16-6-4-5-15(9-16)10-20/h4-9H,11H2,1-3H3,(H,23,26). The Labute approximate surface area is 156 Å². The van der Waals surface area contributed by atoms with Crippen molar-refractivity contribution >= 4 is 11.7 Å². The molecule has 3 rings (SSSR count). The number of carbonyl (C=O) groups is 1. The number of anilines is 1. The Kier molecular flexibility index (Phi) is 5.13. The van der Waals surface area contributed by atoms with E-state index in [1.807, 2.05) is 32.9 Å². The summed E-state index contributed by atoms with van der Waals surface area (Å²) in [7, 11) is 0. The van der Waals surface area contributed by atoms with Crippen molar-refractivity contribution in [3.05, 3.63) is 59.0 Å². The Balaban J connectivity index is 1.74. The third-order valence-electron chi connectivity index (χ3n) is 3.59. The molecule has 1 N–H and O–H groups in total. The predicted octanol–water partition coefficient (Wildman–Crippen LogP) is 2.48. The van der Waals surface area contributed by atoms with Crippen LogP contribution in [0.25, 0.3) is 5.95 Å². The summed E-state index contributed by atoms with van der Waals surface area (Å²) in [5, 5.41) is 16.0. The maximum absolute atomic E-state index is 12.3. The molecule has 1 amide bonds. The van der Waals surface area contributed by atoms with Gasteiger partial charge >= 0.3 is 0 Å². The largest absolute Gasteiger partial charge is 0.484 e. The van der Waals surface area contributed by atoms with Crippen molar-refractivity contribution in [3.8, 4) is 17.8 Å². The zero-order valence-electron chi connectivity index (χ0n) is 15.2. The van der Waals surface area contributed by atoms with Crippen molar-refractivity contribution in [3.63, 3.8) is 0 Å². The monoisotopic (exact) mass is 362 g/mol. The predicted molar refractivity (Wildman–Crippen MR) is 98.6 cm³/mol. The molecule has 0 unspecified atom stereocenters. The lowest BCUT2D eigenvalue weighted by molar-refractivity contribution is -0.118. The summed E-state index contributed by atoms with van der Waals surface area (Å²) in [6, 6.07) is 12.2. The number of nitrogens with zero attached hydrogens (tertiary/aromatic N) is 5. The molecule has 136 valence electrons. The van der Waals surface area contributed by atoms with Crippen molar-refractivity contribution in [2.45, 2.75) is 20.8 Å². The first-order chi connectivity index (χ1) is 12.9. The minimum Gasteiger partial charge on any atom is -0.484 e. The van der Waals surface area contributed by atoms with E-state index in [1.165, 1.54) is 4.68 Å². The van der Waals surface area contributed by atoms with Gasteiger partial charge in [0.05, 0.1) is 17.3 Å². The number of aryl methyl sites for hydroxylation is 3. The summed E-state index contributed by atoms with van der Waals surface area (Å²) >= 11 is 0. The second-order valence-corrected chi connectivity index (χ2v) is 6.01. The number of benzene rings is 1. The van der Waals surface area contributed by atoms with Crippen LogP contribution in [0, 0.1) is 32.1 Å². The fourth-order valence-electron chi connectivity index (χ4n) is 2.53. The van der Waals surface area contributed by atoms with Gasteiger partial charge in [0, 0.05) is 17.5 Å². The molecule has 0 bridgehead atoms. The normalized spacial score (nSPS) is 10.3. The number of rotatable bonds is 5. The van der Waals surface area contributed by atoms with E-state index in [1.54, 1.807) is 30.3 Å². The van der Waals surface area contributed by atoms with Crippen molar-refractivity contribution in [1.82, 2.24) is 19.7 Å². The van der Waals surface area contributed by atoms with Gasteiger partial charge in [-0.05, 0) is 45.0 Å². The molecular formula is C19H18N6O2. The maximum atomic E-state index is 12.3. The number of carbonyl (C=O) groups excluding carboxylic acids is 1. The molecular weight excluding hydrogens is 344 g/mol. The number of aromatic nitrogens is 4. The van der Waals surface area contributed by atoms with Gasteiger partial charge in [0.2, 0.25) is 0 Å². The Morgan fingerprint density at radius 3 is 2.59 bits per heavy atom. The summed E-state index contributed by atoms with van der Waals surface area (Å²) in [6.45, 7) is 5.36. The number of amides is 1. The zero-order valence-corrected chi connectivity index (χ0v) is 15.2. The lowest BCUT2D eigenvalue weighted by Crippen LogP contribution is -2.22. The molecule has 27 heavy (non-hydrogen) atoms. The van der Waals surface area contributed by atoms with Crippen LogP contribution < -0.4 is 10.1 Å². The average molecular weight is 362 g/mol. The SMILES string of the molecule is Cc1cc(C)nc(-n2nc(C)cc2NC(=O)COc2cccc(C#N)c2)n1. The van der Waals surface area contributed by atoms with Crippen molar-refractivity contribution in [1.29, 1.82) is 5.26 Å². The summed E-state index contributed by atoms with van der Waals surface area (Å²) in [5.74, 6) is 0.935. The lowest BCUT2D eigenvalue weighted by Gasteiger charge is -2.10. The third-order valence-corrected chi connectivity index (χ3v) is 3.59. The van der Waals surface area contributed by atoms with Crippen LogP contribution in [0.15, 0.2) is 36.4 Å². The van der Waals surface area contributed by atoms with E-state index < -0.39 is 0 Å². The second kappa shape index (κ2) is 7.66. The average Bonchev–Trinajstić information content (AvgIpc) is 2.99. The quantitative estimate of drug-likeness (QED) is 0.747. The van der Waals surface area contributed by atoms with Crippen molar-refractivity contribution in [2.24, 2.45) is 0 Å². The van der Waals surface area contributed by atoms with Crippen molar-refractivity contribution < 1.29 is 9.53 Å². The van der Waals surface area contributed by atoms with Gasteiger partial charge < -0.3 is 10.1 Å². The van der Waals surface area contributed by atoms with Gasteiger partial charge in [0.1, 0.15) is 11.6 Å². The Bertz CT molecular complexity index is 1010. The lowest BCUT2D eigenvalue weighted by atomic mass is 10.2. The molecule has 0 radical (unpaired) electrons. The summed E-state index contributed by atoms with van der Waals surface area (Å²) in [6.07, 6.45) is 0. The highest BCUT2D eigenvalue weighted by molar-refractivity contribution is 5.91. The summed E-state index contributed by atoms with van der Waals surface area (Å²) < 4.78 is 6.94. The van der Waals surface area contributed by atoms with Crippen LogP contribution in [0.4, 0.5) is 5.82 Å². The first-order valence-electron chi connectivity index (χ1n) is 8.27. The molecule has 2 aromatic heterocycles. The van der Waals surface area contributed by atoms with E-state index in [9.17, 15) is 4.79 Å². The molecule has 0 saturated heterocycles. The van der Waals surface area contributed by atoms with E-state index in [-0.39, 0.29) is 12.5 Å². The molecule has 0 fully saturated rings. The summed E-state index contributed by atoms with van der Waals surface area (Å²) in [5.41, 5.74) is 2.80. The van der Waals surface area contributed by atoms with Gasteiger partial charge in [0.25, 0.3) is 11.9 Å². The minimum atomic E-state index is -0.358. The van der Waals surface area contributed by atoms with Crippen LogP contribution in [-0.2, 0) is 4.79 Å². The second-order valence-electron chi connectivity index (χ2n) is 6.01. The Morgan fingerprint density at radius 1 is 1.15 bits per heavy atom. The fourth-order valence-corrected chi connectivity index (χ4v) is 2.53. The van der Waals surface area contributed by atoms with Crippen LogP contribution in [0.5, 0.6) is 5.75 Å². The van der Waals surface area contributed by atoms with Crippen LogP contribution in [0.1, 0.15) is 22.6 Å². The topological polar surface area (TPSA) is 106 Å². The summed E-state index contributed by atoms with van der Waals surface area (Å²) in [4.78, 5) is 21.0. The van der Waals surface area contributed by atoms with Gasteiger partial charge in [0.15, 0.2) is 6.61 Å². The molecule has 0 aliphatic rings. The van der Waals surface area contributed by atoms with Crippen molar-refractivity contribution in [2.75, 3.05) is 11.9 Å². The Morgan fingerprint density at radius 2 is 1.89 bits per heavy atom. The smallest absolute Gasteiger partial charge is 0.263 e. The highest BCUT2D eigenvalue weighted by Crippen LogP contribution is 2.16. The van der Waals surface area contributed by atoms with Crippen LogP contribution >= 0.6 is 0 Å². The Hall–Kier alpha value is -3.73. The molecule has 3 aromatic rings. The van der Waals surface area contributed by atoms with E-state index in [4.69, 9.17) is 10.00 Å². The van der Waals surface area contributed by atoms with Gasteiger partial charge in [-0.25, -0.2) is 9.97 Å². The van der Waals surface area contributed by atoms with E-state index in [2.05, 4.69) is 20.4 Å². The molecule has 0 aliphatic heterocycles. The molecule has 2 heterocycles. The molecule has 0 saturated carbocycles. The van der Waals surface area contributed by atoms with Gasteiger partial charge in [-0.1, -0.05) is 6.07 Å². The zero-order chi connectivity index (χ0) is 19.4. The van der Waals surface area contributed by atoms with E-state index in [0.717, 1.165) is 17.1 Å². The third kappa shape index (κ3) is 4.46. The first kappa shape index (κ1) is 18.1. The molecule has 0 spiro atoms. The number of hydrogen-bond donors (Lipinski definition) is 1. The van der Waals surface area contributed by atoms with Crippen LogP contribution in [0.3, 0.4) is 0 Å². The number of nitriles is 1. The number of ether oxygens (including phenoxy) is 1. The minimum absolute atomic E-state index is 0.202. The molecule has 8 heteroatoms. The fraction of sp³-hybridized carbons (Fsp3) is 0.211. The highest BCUT2D eigenvalue weighted by atomic mass is 16.5. The maximum Gasteiger partial charge on any atom is 0.263 e. The van der Waals surface area contributed by atoms with Gasteiger partial charge in [-0.3, -0.25) is 4.79 Å². The molecule has 0 aliphatic carbocycles. The number of hydrogen-bond acceptors (Lipinski definition) is 6. The first-order valence-corrected chi connectivity index (χ1v) is 8.27. The van der Waals surface area contributed by atoms with Crippen LogP contribution in [-0.4, -0.2) is 32.3 Å². The van der Waals surface area contributed by atoms with E-state index >= 15 is 0 Å². The number of nitrogens with one attached hydrogen (secondary N) is 1. The van der Waals surface area contributed by atoms with Gasteiger partial charge in [-0.2, -0.15) is 15.0 Å². The van der Waals surface area contributed by atoms with Gasteiger partial charge in [-0.15, -0.1) is 0 Å². The van der Waals surface area contributed by atoms with E-state index in [0.29, 0.717) is 23.1 Å². The molecule has 8 nitrogen and oxygen atoms in total. The highest BCUT2D eigenvalue weighted by Gasteiger charge is 2.14. The van der Waals surface area contributed by atoms with Crippen LogP contribution in [0.2, 0.25) is 0 Å². The molecule has 0 atom stereocenters.